The van der Waals surface area contributed by atoms with Gasteiger partial charge in [-0.05, 0) is 30.7 Å². The third kappa shape index (κ3) is 3.62. The van der Waals surface area contributed by atoms with Crippen LogP contribution in [0.25, 0.3) is 31.8 Å². The van der Waals surface area contributed by atoms with E-state index in [1.807, 2.05) is 37.3 Å². The summed E-state index contributed by atoms with van der Waals surface area (Å²) in [6.45, 7) is 2.04. The monoisotopic (exact) mass is 457 g/mol. The zero-order chi connectivity index (χ0) is 20.0. The topological polar surface area (TPSA) is 51.8 Å². The van der Waals surface area contributed by atoms with Crippen LogP contribution in [0.15, 0.2) is 58.2 Å². The number of rotatable bonds is 4. The molecule has 3 aromatic heterocycles. The molecule has 2 aromatic carbocycles. The van der Waals surface area contributed by atoms with Crippen molar-refractivity contribution in [1.29, 1.82) is 0 Å². The lowest BCUT2D eigenvalue weighted by atomic mass is 10.1. The first-order valence-corrected chi connectivity index (χ1v) is 11.3. The lowest BCUT2D eigenvalue weighted by Crippen LogP contribution is -1.89. The van der Waals surface area contributed by atoms with Gasteiger partial charge in [0, 0.05) is 26.8 Å². The van der Waals surface area contributed by atoms with Crippen molar-refractivity contribution in [2.45, 2.75) is 17.9 Å². The zero-order valence-corrected chi connectivity index (χ0v) is 18.3. The predicted molar refractivity (Wildman–Crippen MR) is 121 cm³/mol. The van der Waals surface area contributed by atoms with Gasteiger partial charge in [-0.1, -0.05) is 65.3 Å². The average molecular weight is 458 g/mol. The Kier molecular flexibility index (Phi) is 4.95. The molecule has 5 aromatic rings. The summed E-state index contributed by atoms with van der Waals surface area (Å²) in [5.41, 5.74) is 2.97. The summed E-state index contributed by atoms with van der Waals surface area (Å²) >= 11 is 15.9. The predicted octanol–water partition coefficient (Wildman–Crippen LogP) is 7.41. The molecule has 0 saturated carbocycles. The quantitative estimate of drug-likeness (QED) is 0.207. The summed E-state index contributed by atoms with van der Waals surface area (Å²) in [5, 5.41) is 12.0. The van der Waals surface area contributed by atoms with Gasteiger partial charge in [-0.3, -0.25) is 0 Å². The van der Waals surface area contributed by atoms with Gasteiger partial charge in [0.2, 0.25) is 0 Å². The number of benzene rings is 2. The third-order valence-electron chi connectivity index (χ3n) is 4.49. The fourth-order valence-corrected chi connectivity index (χ4v) is 5.51. The Bertz CT molecular complexity index is 1360. The second kappa shape index (κ2) is 7.61. The molecule has 0 N–H and O–H groups in total. The molecule has 0 aliphatic carbocycles. The maximum atomic E-state index is 6.51. The molecule has 5 rings (SSSR count). The highest BCUT2D eigenvalue weighted by Crippen LogP contribution is 2.42. The number of nitrogens with zero attached hydrogens (tertiary/aromatic N) is 3. The van der Waals surface area contributed by atoms with Gasteiger partial charge < -0.3 is 4.42 Å². The Labute approximate surface area is 184 Å². The van der Waals surface area contributed by atoms with E-state index >= 15 is 0 Å². The highest BCUT2D eigenvalue weighted by Gasteiger charge is 2.18. The van der Waals surface area contributed by atoms with E-state index in [9.17, 15) is 0 Å². The van der Waals surface area contributed by atoms with Gasteiger partial charge >= 0.3 is 0 Å². The average Bonchev–Trinajstić information content (AvgIpc) is 3.31. The molecular formula is C21H13Cl2N3OS2. The Hall–Kier alpha value is -2.12. The van der Waals surface area contributed by atoms with E-state index in [0.29, 0.717) is 27.0 Å². The van der Waals surface area contributed by atoms with Gasteiger partial charge in [0.1, 0.15) is 10.0 Å². The summed E-state index contributed by atoms with van der Waals surface area (Å²) in [5.74, 6) is 1.01. The van der Waals surface area contributed by atoms with Crippen LogP contribution in [0.2, 0.25) is 10.2 Å². The van der Waals surface area contributed by atoms with Gasteiger partial charge in [0.15, 0.2) is 0 Å². The van der Waals surface area contributed by atoms with Crippen molar-refractivity contribution >= 4 is 67.3 Å². The standard InChI is InChI=1S/C21H13Cl2N3OS2/c1-11-6-7-12-9-13(19(23)24-15(12)8-11)10-28-21-26-25-20(27-21)18-17(22)14-4-2-3-5-16(14)29-18/h2-9H,10H2,1H3. The number of aryl methyl sites for hydroxylation is 1. The Balaban J connectivity index is 1.39. The molecule has 0 unspecified atom stereocenters. The largest absolute Gasteiger partial charge is 0.410 e. The van der Waals surface area contributed by atoms with Crippen molar-refractivity contribution in [2.24, 2.45) is 0 Å². The van der Waals surface area contributed by atoms with Gasteiger partial charge in [-0.2, -0.15) is 0 Å². The second-order valence-electron chi connectivity index (χ2n) is 6.54. The lowest BCUT2D eigenvalue weighted by molar-refractivity contribution is 0.467. The van der Waals surface area contributed by atoms with Crippen LogP contribution >= 0.6 is 46.3 Å². The first kappa shape index (κ1) is 18.9. The molecule has 0 amide bonds. The number of hydrogen-bond acceptors (Lipinski definition) is 6. The molecule has 0 saturated heterocycles. The summed E-state index contributed by atoms with van der Waals surface area (Å²) in [6, 6.07) is 16.1. The minimum absolute atomic E-state index is 0.428. The summed E-state index contributed by atoms with van der Waals surface area (Å²) in [7, 11) is 0. The number of thiophene rings is 1. The number of pyridine rings is 1. The normalized spacial score (nSPS) is 11.6. The maximum absolute atomic E-state index is 6.51. The van der Waals surface area contributed by atoms with Crippen LogP contribution in [0.3, 0.4) is 0 Å². The number of fused-ring (bicyclic) bond motifs is 2. The van der Waals surface area contributed by atoms with Crippen LogP contribution in [0.5, 0.6) is 0 Å². The van der Waals surface area contributed by atoms with Gasteiger partial charge in [0.25, 0.3) is 11.1 Å². The second-order valence-corrected chi connectivity index (χ2v) is 9.25. The van der Waals surface area contributed by atoms with Crippen LogP contribution in [-0.2, 0) is 5.75 Å². The van der Waals surface area contributed by atoms with Crippen molar-refractivity contribution < 1.29 is 4.42 Å². The molecule has 0 radical (unpaired) electrons. The summed E-state index contributed by atoms with van der Waals surface area (Å²) < 4.78 is 6.94. The number of hydrogen-bond donors (Lipinski definition) is 0. The molecular weight excluding hydrogens is 445 g/mol. The number of aromatic nitrogens is 3. The third-order valence-corrected chi connectivity index (χ3v) is 7.34. The molecule has 29 heavy (non-hydrogen) atoms. The van der Waals surface area contributed by atoms with Gasteiger partial charge in [-0.15, -0.1) is 21.5 Å². The van der Waals surface area contributed by atoms with Crippen molar-refractivity contribution in [2.75, 3.05) is 0 Å². The molecule has 144 valence electrons. The van der Waals surface area contributed by atoms with E-state index < -0.39 is 0 Å². The van der Waals surface area contributed by atoms with E-state index in [0.717, 1.165) is 37.0 Å². The number of halogens is 2. The molecule has 0 atom stereocenters. The number of thioether (sulfide) groups is 1. The molecule has 0 bridgehead atoms. The smallest absolute Gasteiger partial charge is 0.277 e. The van der Waals surface area contributed by atoms with Crippen LogP contribution in [0, 0.1) is 6.92 Å². The summed E-state index contributed by atoms with van der Waals surface area (Å²) in [4.78, 5) is 5.29. The molecule has 0 aliphatic rings. The molecule has 3 heterocycles. The molecule has 0 spiro atoms. The van der Waals surface area contributed by atoms with Crippen molar-refractivity contribution in [3.05, 3.63) is 69.8 Å². The van der Waals surface area contributed by atoms with Crippen LogP contribution in [0.1, 0.15) is 11.1 Å². The van der Waals surface area contributed by atoms with E-state index in [2.05, 4.69) is 33.4 Å². The van der Waals surface area contributed by atoms with Crippen LogP contribution < -0.4 is 0 Å². The molecule has 0 aliphatic heterocycles. The first-order chi connectivity index (χ1) is 14.1. The Morgan fingerprint density at radius 3 is 2.79 bits per heavy atom. The van der Waals surface area contributed by atoms with Crippen molar-refractivity contribution in [3.8, 4) is 10.8 Å². The fourth-order valence-electron chi connectivity index (χ4n) is 3.05. The SMILES string of the molecule is Cc1ccc2cc(CSc3nnc(-c4sc5ccccc5c4Cl)o3)c(Cl)nc2c1. The first-order valence-electron chi connectivity index (χ1n) is 8.78. The molecule has 4 nitrogen and oxygen atoms in total. The summed E-state index contributed by atoms with van der Waals surface area (Å²) in [6.07, 6.45) is 0. The highest BCUT2D eigenvalue weighted by atomic mass is 35.5. The van der Waals surface area contributed by atoms with Crippen molar-refractivity contribution in [1.82, 2.24) is 15.2 Å². The zero-order valence-electron chi connectivity index (χ0n) is 15.1. The highest BCUT2D eigenvalue weighted by molar-refractivity contribution is 7.98. The molecule has 0 fully saturated rings. The fraction of sp³-hybridized carbons (Fsp3) is 0.0952. The maximum Gasteiger partial charge on any atom is 0.277 e. The van der Waals surface area contributed by atoms with Gasteiger partial charge in [-0.25, -0.2) is 4.98 Å². The minimum Gasteiger partial charge on any atom is -0.410 e. The van der Waals surface area contributed by atoms with E-state index in [1.54, 1.807) is 11.3 Å². The van der Waals surface area contributed by atoms with E-state index in [-0.39, 0.29) is 0 Å². The van der Waals surface area contributed by atoms with E-state index in [4.69, 9.17) is 27.6 Å². The minimum atomic E-state index is 0.428. The Morgan fingerprint density at radius 2 is 1.93 bits per heavy atom. The van der Waals surface area contributed by atoms with Crippen molar-refractivity contribution in [3.63, 3.8) is 0 Å². The van der Waals surface area contributed by atoms with Crippen LogP contribution in [0.4, 0.5) is 0 Å². The lowest BCUT2D eigenvalue weighted by Gasteiger charge is -2.05. The van der Waals surface area contributed by atoms with Gasteiger partial charge in [0.05, 0.1) is 10.5 Å². The van der Waals surface area contributed by atoms with E-state index in [1.165, 1.54) is 11.8 Å². The molecule has 8 heteroatoms. The Morgan fingerprint density at radius 1 is 1.07 bits per heavy atom. The van der Waals surface area contributed by atoms with Crippen LogP contribution in [-0.4, -0.2) is 15.2 Å².